The maximum absolute atomic E-state index is 13.9. The number of nitrogens with zero attached hydrogens (tertiary/aromatic N) is 2. The number of nitrogens with one attached hydrogen (secondary N) is 2. The molecule has 27 heavy (non-hydrogen) atoms. The first-order valence-corrected chi connectivity index (χ1v) is 8.85. The van der Waals surface area contributed by atoms with Gasteiger partial charge in [0.15, 0.2) is 0 Å². The lowest BCUT2D eigenvalue weighted by Crippen LogP contribution is -2.40. The molecule has 0 fully saturated rings. The zero-order valence-electron chi connectivity index (χ0n) is 14.8. The predicted molar refractivity (Wildman–Crippen MR) is 107 cm³/mol. The number of hydrogen-bond donors (Lipinski definition) is 3. The van der Waals surface area contributed by atoms with Gasteiger partial charge in [-0.2, -0.15) is 0 Å². The SMILES string of the molecule is CN1CCC(NCc2ccnc(N)c2)=C(C(=S)Nc2ccccc2F)C1=O. The number of pyridine rings is 1. The van der Waals surface area contributed by atoms with Crippen molar-refractivity contribution >= 4 is 34.6 Å². The second kappa shape index (κ2) is 8.13. The van der Waals surface area contributed by atoms with E-state index in [1.54, 1.807) is 42.4 Å². The summed E-state index contributed by atoms with van der Waals surface area (Å²) in [4.78, 5) is 18.4. The van der Waals surface area contributed by atoms with Gasteiger partial charge in [-0.05, 0) is 29.8 Å². The van der Waals surface area contributed by atoms with Crippen LogP contribution in [-0.4, -0.2) is 34.4 Å². The van der Waals surface area contributed by atoms with Crippen molar-refractivity contribution in [2.45, 2.75) is 13.0 Å². The van der Waals surface area contributed by atoms with Gasteiger partial charge in [0.25, 0.3) is 5.91 Å². The third-order valence-electron chi connectivity index (χ3n) is 4.26. The number of thiocarbonyl (C=S) groups is 1. The predicted octanol–water partition coefficient (Wildman–Crippen LogP) is 2.45. The average molecular weight is 385 g/mol. The molecule has 0 saturated carbocycles. The van der Waals surface area contributed by atoms with Gasteiger partial charge >= 0.3 is 0 Å². The quantitative estimate of drug-likeness (QED) is 0.686. The van der Waals surface area contributed by atoms with Gasteiger partial charge in [-0.25, -0.2) is 9.37 Å². The summed E-state index contributed by atoms with van der Waals surface area (Å²) in [6, 6.07) is 9.81. The highest BCUT2D eigenvalue weighted by Crippen LogP contribution is 2.21. The molecule has 1 aliphatic rings. The minimum Gasteiger partial charge on any atom is -0.384 e. The van der Waals surface area contributed by atoms with Crippen LogP contribution < -0.4 is 16.4 Å². The molecular formula is C19H20FN5OS. The van der Waals surface area contributed by atoms with Crippen molar-refractivity contribution in [2.24, 2.45) is 0 Å². The Kier molecular flexibility index (Phi) is 5.66. The van der Waals surface area contributed by atoms with E-state index in [-0.39, 0.29) is 16.6 Å². The third-order valence-corrected chi connectivity index (χ3v) is 4.57. The minimum absolute atomic E-state index is 0.188. The lowest BCUT2D eigenvalue weighted by Gasteiger charge is -2.28. The average Bonchev–Trinajstić information content (AvgIpc) is 2.64. The molecule has 1 aromatic heterocycles. The third kappa shape index (κ3) is 4.40. The smallest absolute Gasteiger partial charge is 0.258 e. The van der Waals surface area contributed by atoms with Gasteiger partial charge in [0, 0.05) is 38.5 Å². The second-order valence-corrected chi connectivity index (χ2v) is 6.61. The van der Waals surface area contributed by atoms with E-state index in [0.29, 0.717) is 30.9 Å². The number of carbonyl (C=O) groups is 1. The Morgan fingerprint density at radius 3 is 2.89 bits per heavy atom. The zero-order chi connectivity index (χ0) is 19.4. The second-order valence-electron chi connectivity index (χ2n) is 6.21. The summed E-state index contributed by atoms with van der Waals surface area (Å²) in [6.45, 7) is 1.05. The maximum atomic E-state index is 13.9. The van der Waals surface area contributed by atoms with Gasteiger partial charge < -0.3 is 21.3 Å². The number of rotatable bonds is 5. The molecule has 0 aliphatic carbocycles. The molecule has 0 saturated heterocycles. The van der Waals surface area contributed by atoms with E-state index in [1.807, 2.05) is 6.07 Å². The number of nitrogens with two attached hydrogens (primary N) is 1. The summed E-state index contributed by atoms with van der Waals surface area (Å²) in [6.07, 6.45) is 2.25. The van der Waals surface area contributed by atoms with E-state index in [9.17, 15) is 9.18 Å². The fraction of sp³-hybridized carbons (Fsp3) is 0.211. The Labute approximate surface area is 162 Å². The van der Waals surface area contributed by atoms with Gasteiger partial charge in [0.2, 0.25) is 0 Å². The normalized spacial score (nSPS) is 14.3. The lowest BCUT2D eigenvalue weighted by molar-refractivity contribution is -0.126. The van der Waals surface area contributed by atoms with E-state index in [1.165, 1.54) is 6.07 Å². The van der Waals surface area contributed by atoms with E-state index in [0.717, 1.165) is 11.3 Å². The van der Waals surface area contributed by atoms with Crippen LogP contribution >= 0.6 is 12.2 Å². The van der Waals surface area contributed by atoms with Crippen molar-refractivity contribution in [1.82, 2.24) is 15.2 Å². The molecule has 2 aromatic rings. The zero-order valence-corrected chi connectivity index (χ0v) is 15.6. The lowest BCUT2D eigenvalue weighted by atomic mass is 10.0. The standard InChI is InChI=1S/C19H20FN5OS/c1-25-9-7-15(23-11-12-6-8-22-16(21)10-12)17(19(25)26)18(27)24-14-5-3-2-4-13(14)20/h2-6,8,10,23H,7,9,11H2,1H3,(H2,21,22)(H,24,27). The summed E-state index contributed by atoms with van der Waals surface area (Å²) in [5, 5.41) is 6.12. The number of halogens is 1. The van der Waals surface area contributed by atoms with Crippen LogP contribution in [-0.2, 0) is 11.3 Å². The van der Waals surface area contributed by atoms with E-state index < -0.39 is 5.82 Å². The van der Waals surface area contributed by atoms with Crippen LogP contribution in [0.15, 0.2) is 53.9 Å². The number of likely N-dealkylation sites (N-methyl/N-ethyl adjacent to an activating group) is 1. The van der Waals surface area contributed by atoms with Crippen LogP contribution in [0.25, 0.3) is 0 Å². The van der Waals surface area contributed by atoms with Gasteiger partial charge in [-0.1, -0.05) is 24.4 Å². The van der Waals surface area contributed by atoms with Gasteiger partial charge in [-0.3, -0.25) is 4.79 Å². The van der Waals surface area contributed by atoms with Crippen LogP contribution in [0.4, 0.5) is 15.9 Å². The first-order valence-electron chi connectivity index (χ1n) is 8.44. The van der Waals surface area contributed by atoms with Crippen LogP contribution in [0.2, 0.25) is 0 Å². The van der Waals surface area contributed by atoms with Crippen LogP contribution in [0, 0.1) is 5.82 Å². The number of anilines is 2. The summed E-state index contributed by atoms with van der Waals surface area (Å²) < 4.78 is 13.9. The molecule has 0 bridgehead atoms. The fourth-order valence-corrected chi connectivity index (χ4v) is 3.12. The Balaban J connectivity index is 1.84. The first kappa shape index (κ1) is 18.8. The van der Waals surface area contributed by atoms with Crippen molar-refractivity contribution in [3.63, 3.8) is 0 Å². The maximum Gasteiger partial charge on any atom is 0.258 e. The number of carbonyl (C=O) groups excluding carboxylic acids is 1. The summed E-state index contributed by atoms with van der Waals surface area (Å²) in [5.74, 6) is -0.203. The molecule has 1 aromatic carbocycles. The molecule has 0 atom stereocenters. The van der Waals surface area contributed by atoms with Crippen LogP contribution in [0.1, 0.15) is 12.0 Å². The van der Waals surface area contributed by atoms with Crippen molar-refractivity contribution in [2.75, 3.05) is 24.6 Å². The molecule has 4 N–H and O–H groups in total. The van der Waals surface area contributed by atoms with Crippen molar-refractivity contribution < 1.29 is 9.18 Å². The highest BCUT2D eigenvalue weighted by Gasteiger charge is 2.28. The Morgan fingerprint density at radius 1 is 1.37 bits per heavy atom. The molecule has 6 nitrogen and oxygen atoms in total. The van der Waals surface area contributed by atoms with Crippen molar-refractivity contribution in [3.8, 4) is 0 Å². The van der Waals surface area contributed by atoms with Gasteiger partial charge in [-0.15, -0.1) is 0 Å². The number of hydrogen-bond acceptors (Lipinski definition) is 5. The molecule has 8 heteroatoms. The Hall–Kier alpha value is -3.00. The van der Waals surface area contributed by atoms with E-state index in [2.05, 4.69) is 15.6 Å². The highest BCUT2D eigenvalue weighted by molar-refractivity contribution is 7.81. The molecular weight excluding hydrogens is 365 g/mol. The number of benzene rings is 1. The molecule has 3 rings (SSSR count). The molecule has 1 amide bonds. The first-order chi connectivity index (χ1) is 13.0. The number of amides is 1. The topological polar surface area (TPSA) is 83.3 Å². The Morgan fingerprint density at radius 2 is 2.15 bits per heavy atom. The highest BCUT2D eigenvalue weighted by atomic mass is 32.1. The number of aromatic nitrogens is 1. The number of para-hydroxylation sites is 1. The van der Waals surface area contributed by atoms with Crippen LogP contribution in [0.3, 0.4) is 0 Å². The molecule has 0 radical (unpaired) electrons. The largest absolute Gasteiger partial charge is 0.384 e. The summed E-state index contributed by atoms with van der Waals surface area (Å²) in [5.41, 5.74) is 7.95. The molecule has 0 spiro atoms. The molecule has 1 aliphatic heterocycles. The molecule has 0 unspecified atom stereocenters. The molecule has 140 valence electrons. The summed E-state index contributed by atoms with van der Waals surface area (Å²) in [7, 11) is 1.72. The van der Waals surface area contributed by atoms with Crippen LogP contribution in [0.5, 0.6) is 0 Å². The Bertz CT molecular complexity index is 914. The van der Waals surface area contributed by atoms with E-state index in [4.69, 9.17) is 18.0 Å². The minimum atomic E-state index is -0.432. The van der Waals surface area contributed by atoms with E-state index >= 15 is 0 Å². The monoisotopic (exact) mass is 385 g/mol. The summed E-state index contributed by atoms with van der Waals surface area (Å²) >= 11 is 5.42. The van der Waals surface area contributed by atoms with Gasteiger partial charge in [0.05, 0.1) is 11.3 Å². The van der Waals surface area contributed by atoms with Crippen molar-refractivity contribution in [1.29, 1.82) is 0 Å². The number of nitrogen functional groups attached to an aromatic ring is 1. The fourth-order valence-electron chi connectivity index (χ4n) is 2.80. The molecule has 2 heterocycles. The van der Waals surface area contributed by atoms with Gasteiger partial charge in [0.1, 0.15) is 16.6 Å². The van der Waals surface area contributed by atoms with Crippen molar-refractivity contribution in [3.05, 3.63) is 65.2 Å².